The lowest BCUT2D eigenvalue weighted by atomic mass is 9.86. The lowest BCUT2D eigenvalue weighted by molar-refractivity contribution is -0.133. The molecular weight excluding hydrogens is 348 g/mol. The lowest BCUT2D eigenvalue weighted by Gasteiger charge is -2.40. The van der Waals surface area contributed by atoms with Crippen molar-refractivity contribution in [2.45, 2.75) is 31.2 Å². The van der Waals surface area contributed by atoms with Crippen LogP contribution < -0.4 is 10.9 Å². The Bertz CT molecular complexity index is 879. The quantitative estimate of drug-likeness (QED) is 0.776. The molecule has 0 aromatic carbocycles. The number of aromatic amines is 1. The van der Waals surface area contributed by atoms with Crippen LogP contribution in [-0.2, 0) is 10.3 Å². The van der Waals surface area contributed by atoms with Gasteiger partial charge in [0.05, 0.1) is 6.33 Å². The normalized spacial score (nSPS) is 18.9. The van der Waals surface area contributed by atoms with Crippen LogP contribution in [0.5, 0.6) is 0 Å². The first-order valence-corrected chi connectivity index (χ1v) is 9.21. The molecule has 2 N–H and O–H groups in total. The minimum absolute atomic E-state index is 0.0421. The monoisotopic (exact) mass is 370 g/mol. The summed E-state index contributed by atoms with van der Waals surface area (Å²) in [5.41, 5.74) is -1.05. The van der Waals surface area contributed by atoms with Gasteiger partial charge in [0, 0.05) is 38.1 Å². The second kappa shape index (κ2) is 6.98. The first-order valence-electron chi connectivity index (χ1n) is 9.21. The van der Waals surface area contributed by atoms with Gasteiger partial charge >= 0.3 is 0 Å². The molecule has 2 amide bonds. The largest absolute Gasteiger partial charge is 0.354 e. The predicted molar refractivity (Wildman–Crippen MR) is 95.9 cm³/mol. The molecule has 1 saturated carbocycles. The molecule has 4 rings (SSSR count). The Morgan fingerprint density at radius 3 is 2.70 bits per heavy atom. The van der Waals surface area contributed by atoms with Crippen LogP contribution in [0.1, 0.15) is 36.2 Å². The minimum Gasteiger partial charge on any atom is -0.354 e. The third kappa shape index (κ3) is 3.49. The Kier molecular flexibility index (Phi) is 4.51. The Morgan fingerprint density at radius 2 is 2.07 bits per heavy atom. The molecule has 0 unspecified atom stereocenters. The first kappa shape index (κ1) is 17.4. The number of carbonyl (C=O) groups is 2. The smallest absolute Gasteiger partial charge is 0.272 e. The molecule has 1 aliphatic carbocycles. The van der Waals surface area contributed by atoms with E-state index in [4.69, 9.17) is 0 Å². The van der Waals surface area contributed by atoms with E-state index >= 15 is 0 Å². The van der Waals surface area contributed by atoms with Crippen LogP contribution in [0.4, 0.5) is 0 Å². The van der Waals surface area contributed by atoms with Crippen molar-refractivity contribution in [2.24, 2.45) is 5.92 Å². The number of amides is 2. The summed E-state index contributed by atoms with van der Waals surface area (Å²) in [6.07, 6.45) is 7.93. The molecule has 9 nitrogen and oxygen atoms in total. The molecule has 2 aromatic heterocycles. The Labute approximate surface area is 155 Å². The van der Waals surface area contributed by atoms with Crippen molar-refractivity contribution < 1.29 is 9.59 Å². The highest BCUT2D eigenvalue weighted by Crippen LogP contribution is 2.32. The van der Waals surface area contributed by atoms with Crippen LogP contribution in [-0.4, -0.2) is 56.1 Å². The molecular formula is C18H22N6O3. The molecule has 1 aliphatic heterocycles. The van der Waals surface area contributed by atoms with E-state index in [1.54, 1.807) is 28.0 Å². The van der Waals surface area contributed by atoms with Gasteiger partial charge in [-0.25, -0.2) is 4.98 Å². The zero-order chi connectivity index (χ0) is 18.9. The van der Waals surface area contributed by atoms with Gasteiger partial charge in [-0.2, -0.15) is 5.10 Å². The number of nitrogens with one attached hydrogen (secondary N) is 2. The predicted octanol–water partition coefficient (Wildman–Crippen LogP) is 0.124. The number of likely N-dealkylation sites (tertiary alicyclic amines) is 1. The van der Waals surface area contributed by atoms with Crippen molar-refractivity contribution in [3.8, 4) is 0 Å². The number of H-pyrrole nitrogens is 1. The molecule has 9 heteroatoms. The van der Waals surface area contributed by atoms with Gasteiger partial charge < -0.3 is 15.2 Å². The molecule has 2 aliphatic rings. The molecule has 142 valence electrons. The van der Waals surface area contributed by atoms with Crippen LogP contribution in [0.15, 0.2) is 35.6 Å². The topological polar surface area (TPSA) is 113 Å². The number of rotatable bonds is 5. The summed E-state index contributed by atoms with van der Waals surface area (Å²) in [5, 5.41) is 7.38. The third-order valence-electron chi connectivity index (χ3n) is 5.39. The Balaban J connectivity index is 1.49. The highest BCUT2D eigenvalue weighted by atomic mass is 16.2. The van der Waals surface area contributed by atoms with Crippen molar-refractivity contribution in [2.75, 3.05) is 19.6 Å². The molecule has 0 atom stereocenters. The highest BCUT2D eigenvalue weighted by Gasteiger charge is 2.45. The number of aromatic nitrogens is 4. The molecule has 3 heterocycles. The van der Waals surface area contributed by atoms with Crippen molar-refractivity contribution in [1.29, 1.82) is 0 Å². The Morgan fingerprint density at radius 1 is 1.30 bits per heavy atom. The van der Waals surface area contributed by atoms with Gasteiger partial charge in [-0.1, -0.05) is 0 Å². The minimum atomic E-state index is -0.795. The van der Waals surface area contributed by atoms with E-state index in [0.29, 0.717) is 38.4 Å². The van der Waals surface area contributed by atoms with Gasteiger partial charge in [-0.15, -0.1) is 0 Å². The summed E-state index contributed by atoms with van der Waals surface area (Å²) >= 11 is 0. The number of hydrogen-bond donors (Lipinski definition) is 2. The fraction of sp³-hybridized carbons (Fsp3) is 0.500. The molecule has 0 bridgehead atoms. The summed E-state index contributed by atoms with van der Waals surface area (Å²) in [7, 11) is 0. The first-order chi connectivity index (χ1) is 13.1. The summed E-state index contributed by atoms with van der Waals surface area (Å²) < 4.78 is 1.71. The highest BCUT2D eigenvalue weighted by molar-refractivity contribution is 5.92. The fourth-order valence-corrected chi connectivity index (χ4v) is 3.53. The molecule has 0 spiro atoms. The van der Waals surface area contributed by atoms with Crippen LogP contribution in [0.2, 0.25) is 0 Å². The zero-order valence-electron chi connectivity index (χ0n) is 14.9. The molecule has 2 fully saturated rings. The fourth-order valence-electron chi connectivity index (χ4n) is 3.53. The van der Waals surface area contributed by atoms with Crippen molar-refractivity contribution in [3.63, 3.8) is 0 Å². The van der Waals surface area contributed by atoms with Gasteiger partial charge in [-0.05, 0) is 37.7 Å². The number of hydrogen-bond acceptors (Lipinski definition) is 5. The second-order valence-corrected chi connectivity index (χ2v) is 7.22. The summed E-state index contributed by atoms with van der Waals surface area (Å²) in [5.74, 6) is 0.251. The number of piperidine rings is 1. The SMILES string of the molecule is O=C(c1cc(=O)[nH]cn1)N1CCC(C(=O)NCC2CC2)(n2cccn2)CC1. The van der Waals surface area contributed by atoms with Crippen molar-refractivity contribution in [3.05, 3.63) is 46.9 Å². The van der Waals surface area contributed by atoms with E-state index < -0.39 is 5.54 Å². The average molecular weight is 370 g/mol. The van der Waals surface area contributed by atoms with Crippen LogP contribution >= 0.6 is 0 Å². The summed E-state index contributed by atoms with van der Waals surface area (Å²) in [6, 6.07) is 2.99. The van der Waals surface area contributed by atoms with E-state index in [0.717, 1.165) is 0 Å². The van der Waals surface area contributed by atoms with E-state index in [1.165, 1.54) is 25.2 Å². The lowest BCUT2D eigenvalue weighted by Crippen LogP contribution is -2.56. The second-order valence-electron chi connectivity index (χ2n) is 7.22. The van der Waals surface area contributed by atoms with Crippen molar-refractivity contribution >= 4 is 11.8 Å². The molecule has 1 saturated heterocycles. The van der Waals surface area contributed by atoms with E-state index in [9.17, 15) is 14.4 Å². The van der Waals surface area contributed by atoms with Gasteiger partial charge in [0.25, 0.3) is 11.5 Å². The summed E-state index contributed by atoms with van der Waals surface area (Å²) in [6.45, 7) is 1.48. The van der Waals surface area contributed by atoms with Crippen LogP contribution in [0.25, 0.3) is 0 Å². The number of nitrogens with zero attached hydrogens (tertiary/aromatic N) is 4. The standard InChI is InChI=1S/C18H22N6O3/c25-15-10-14(20-12-21-15)16(26)23-8-4-18(5-9-23,24-7-1-6-22-24)17(27)19-11-13-2-3-13/h1,6-7,10,12-13H,2-5,8-9,11H2,(H,19,27)(H,20,21,25). The van der Waals surface area contributed by atoms with E-state index in [-0.39, 0.29) is 23.1 Å². The summed E-state index contributed by atoms with van der Waals surface area (Å²) in [4.78, 5) is 45.1. The van der Waals surface area contributed by atoms with Crippen LogP contribution in [0.3, 0.4) is 0 Å². The Hall–Kier alpha value is -2.97. The molecule has 0 radical (unpaired) electrons. The maximum absolute atomic E-state index is 13.0. The van der Waals surface area contributed by atoms with E-state index in [2.05, 4.69) is 20.4 Å². The van der Waals surface area contributed by atoms with E-state index in [1.807, 2.05) is 0 Å². The molecule has 27 heavy (non-hydrogen) atoms. The number of carbonyl (C=O) groups excluding carboxylic acids is 2. The van der Waals surface area contributed by atoms with Gasteiger partial charge in [0.2, 0.25) is 5.91 Å². The molecule has 2 aromatic rings. The van der Waals surface area contributed by atoms with Gasteiger partial charge in [-0.3, -0.25) is 19.1 Å². The maximum atomic E-state index is 13.0. The van der Waals surface area contributed by atoms with Gasteiger partial charge in [0.15, 0.2) is 0 Å². The average Bonchev–Trinajstić information content (AvgIpc) is 3.36. The van der Waals surface area contributed by atoms with Gasteiger partial charge in [0.1, 0.15) is 11.2 Å². The van der Waals surface area contributed by atoms with Crippen LogP contribution in [0, 0.1) is 5.92 Å². The zero-order valence-corrected chi connectivity index (χ0v) is 14.9. The van der Waals surface area contributed by atoms with Crippen molar-refractivity contribution in [1.82, 2.24) is 30.0 Å². The third-order valence-corrected chi connectivity index (χ3v) is 5.39. The maximum Gasteiger partial charge on any atom is 0.272 e.